The molecule has 0 spiro atoms. The molecular formula is C13H17N3O4. The van der Waals surface area contributed by atoms with Crippen LogP contribution in [0.2, 0.25) is 0 Å². The van der Waals surface area contributed by atoms with E-state index in [2.05, 4.69) is 10.6 Å². The van der Waals surface area contributed by atoms with E-state index in [1.54, 1.807) is 6.07 Å². The average molecular weight is 279 g/mol. The molecular weight excluding hydrogens is 262 g/mol. The van der Waals surface area contributed by atoms with Gasteiger partial charge in [-0.1, -0.05) is 13.8 Å². The van der Waals surface area contributed by atoms with Crippen LogP contribution in [0.1, 0.15) is 26.7 Å². The highest BCUT2D eigenvalue weighted by atomic mass is 16.6. The summed E-state index contributed by atoms with van der Waals surface area (Å²) in [5.41, 5.74) is 0.806. The van der Waals surface area contributed by atoms with E-state index >= 15 is 0 Å². The van der Waals surface area contributed by atoms with E-state index in [0.717, 1.165) is 12.8 Å². The van der Waals surface area contributed by atoms with Gasteiger partial charge in [0.2, 0.25) is 0 Å². The van der Waals surface area contributed by atoms with Crippen molar-refractivity contribution in [1.29, 1.82) is 0 Å². The number of hydrogen-bond acceptors (Lipinski definition) is 5. The summed E-state index contributed by atoms with van der Waals surface area (Å²) in [6, 6.07) is 3.05. The first kappa shape index (κ1) is 14.1. The molecule has 20 heavy (non-hydrogen) atoms. The third-order valence-electron chi connectivity index (χ3n) is 3.27. The molecule has 1 amide bonds. The summed E-state index contributed by atoms with van der Waals surface area (Å²) >= 11 is 0. The van der Waals surface area contributed by atoms with Crippen molar-refractivity contribution >= 4 is 23.0 Å². The van der Waals surface area contributed by atoms with Gasteiger partial charge in [-0.3, -0.25) is 14.9 Å². The zero-order valence-electron chi connectivity index (χ0n) is 11.4. The lowest BCUT2D eigenvalue weighted by molar-refractivity contribution is -0.384. The van der Waals surface area contributed by atoms with Gasteiger partial charge in [-0.05, 0) is 18.9 Å². The van der Waals surface area contributed by atoms with E-state index in [9.17, 15) is 14.9 Å². The molecule has 1 aromatic rings. The van der Waals surface area contributed by atoms with Gasteiger partial charge in [0, 0.05) is 6.04 Å². The molecule has 2 N–H and O–H groups in total. The number of nitrogens with one attached hydrogen (secondary N) is 2. The van der Waals surface area contributed by atoms with Gasteiger partial charge in [-0.25, -0.2) is 0 Å². The summed E-state index contributed by atoms with van der Waals surface area (Å²) in [4.78, 5) is 22.0. The molecule has 1 heterocycles. The molecule has 7 heteroatoms. The minimum atomic E-state index is -0.454. The Labute approximate surface area is 116 Å². The zero-order valence-corrected chi connectivity index (χ0v) is 11.4. The zero-order chi connectivity index (χ0) is 14.7. The normalized spacial score (nSPS) is 13.4. The molecule has 0 saturated carbocycles. The average Bonchev–Trinajstić information content (AvgIpc) is 2.43. The lowest BCUT2D eigenvalue weighted by atomic mass is 10.1. The van der Waals surface area contributed by atoms with E-state index in [1.807, 2.05) is 13.8 Å². The predicted molar refractivity (Wildman–Crippen MR) is 75.2 cm³/mol. The number of benzene rings is 1. The third kappa shape index (κ3) is 2.81. The fourth-order valence-electron chi connectivity index (χ4n) is 2.10. The smallest absolute Gasteiger partial charge is 0.296 e. The molecule has 0 atom stereocenters. The van der Waals surface area contributed by atoms with Gasteiger partial charge in [0.1, 0.15) is 5.69 Å². The largest absolute Gasteiger partial charge is 0.481 e. The second-order valence-corrected chi connectivity index (χ2v) is 4.62. The molecule has 1 aliphatic rings. The number of carbonyl (C=O) groups excluding carboxylic acids is 1. The number of nitro groups is 1. The maximum Gasteiger partial charge on any atom is 0.296 e. The quantitative estimate of drug-likeness (QED) is 0.638. The maximum absolute atomic E-state index is 11.3. The molecule has 0 aromatic heterocycles. The summed E-state index contributed by atoms with van der Waals surface area (Å²) in [6.45, 7) is 3.90. The van der Waals surface area contributed by atoms with Gasteiger partial charge < -0.3 is 15.4 Å². The topological polar surface area (TPSA) is 93.5 Å². The number of fused-ring (bicyclic) bond motifs is 1. The van der Waals surface area contributed by atoms with E-state index in [0.29, 0.717) is 17.1 Å². The molecule has 108 valence electrons. The van der Waals surface area contributed by atoms with Crippen LogP contribution < -0.4 is 15.4 Å². The van der Waals surface area contributed by atoms with Crippen LogP contribution in [0.3, 0.4) is 0 Å². The summed E-state index contributed by atoms with van der Waals surface area (Å²) in [7, 11) is 0. The van der Waals surface area contributed by atoms with Gasteiger partial charge >= 0.3 is 0 Å². The number of anilines is 2. The first-order valence-corrected chi connectivity index (χ1v) is 6.56. The molecule has 0 aliphatic carbocycles. The maximum atomic E-state index is 11.3. The summed E-state index contributed by atoms with van der Waals surface area (Å²) in [6.07, 6.45) is 1.71. The summed E-state index contributed by atoms with van der Waals surface area (Å²) < 4.78 is 5.19. The van der Waals surface area contributed by atoms with Crippen molar-refractivity contribution in [3.63, 3.8) is 0 Å². The first-order valence-electron chi connectivity index (χ1n) is 6.56. The van der Waals surface area contributed by atoms with Gasteiger partial charge in [-0.2, -0.15) is 0 Å². The monoisotopic (exact) mass is 279 g/mol. The van der Waals surface area contributed by atoms with Crippen LogP contribution >= 0.6 is 0 Å². The van der Waals surface area contributed by atoms with Crippen LogP contribution in [-0.2, 0) is 4.79 Å². The predicted octanol–water partition coefficient (Wildman–Crippen LogP) is 2.53. The molecule has 7 nitrogen and oxygen atoms in total. The Morgan fingerprint density at radius 3 is 2.75 bits per heavy atom. The third-order valence-corrected chi connectivity index (χ3v) is 3.27. The van der Waals surface area contributed by atoms with Crippen LogP contribution in [0, 0.1) is 10.1 Å². The molecule has 1 aliphatic heterocycles. The number of hydrogen-bond donors (Lipinski definition) is 2. The van der Waals surface area contributed by atoms with Crippen molar-refractivity contribution in [3.05, 3.63) is 22.2 Å². The standard InChI is InChI=1S/C13H17N3O4/c1-3-8(4-2)14-9-5-10-12(6-11(9)16(18)19)20-7-13(17)15-10/h5-6,8,14H,3-4,7H2,1-2H3,(H,15,17). The molecule has 1 aromatic carbocycles. The van der Waals surface area contributed by atoms with Crippen molar-refractivity contribution in [2.45, 2.75) is 32.7 Å². The summed E-state index contributed by atoms with van der Waals surface area (Å²) in [5, 5.41) is 16.9. The second kappa shape index (κ2) is 5.77. The highest BCUT2D eigenvalue weighted by molar-refractivity contribution is 5.96. The Balaban J connectivity index is 2.40. The van der Waals surface area contributed by atoms with Gasteiger partial charge in [0.05, 0.1) is 16.7 Å². The van der Waals surface area contributed by atoms with Gasteiger partial charge in [0.15, 0.2) is 12.4 Å². The van der Waals surface area contributed by atoms with Crippen molar-refractivity contribution in [3.8, 4) is 5.75 Å². The van der Waals surface area contributed by atoms with E-state index in [4.69, 9.17) is 4.74 Å². The Morgan fingerprint density at radius 1 is 1.45 bits per heavy atom. The number of rotatable bonds is 5. The highest BCUT2D eigenvalue weighted by Crippen LogP contribution is 2.38. The Bertz CT molecular complexity index is 541. The molecule has 0 unspecified atom stereocenters. The van der Waals surface area contributed by atoms with Crippen molar-refractivity contribution in [2.75, 3.05) is 17.2 Å². The number of amides is 1. The number of nitro benzene ring substituents is 1. The van der Waals surface area contributed by atoms with Gasteiger partial charge in [0.25, 0.3) is 11.6 Å². The van der Waals surface area contributed by atoms with Crippen molar-refractivity contribution < 1.29 is 14.5 Å². The minimum Gasteiger partial charge on any atom is -0.481 e. The fourth-order valence-corrected chi connectivity index (χ4v) is 2.10. The van der Waals surface area contributed by atoms with Gasteiger partial charge in [-0.15, -0.1) is 0 Å². The van der Waals surface area contributed by atoms with Crippen molar-refractivity contribution in [2.24, 2.45) is 0 Å². The number of nitrogens with zero attached hydrogens (tertiary/aromatic N) is 1. The summed E-state index contributed by atoms with van der Waals surface area (Å²) in [5.74, 6) is 0.0613. The molecule has 2 rings (SSSR count). The van der Waals surface area contributed by atoms with Crippen LogP contribution in [-0.4, -0.2) is 23.5 Å². The molecule has 0 fully saturated rings. The minimum absolute atomic E-state index is 0.0493. The highest BCUT2D eigenvalue weighted by Gasteiger charge is 2.24. The molecule has 0 bridgehead atoms. The fraction of sp³-hybridized carbons (Fsp3) is 0.462. The van der Waals surface area contributed by atoms with Crippen molar-refractivity contribution in [1.82, 2.24) is 0 Å². The van der Waals surface area contributed by atoms with Crippen LogP contribution in [0.4, 0.5) is 17.1 Å². The first-order chi connectivity index (χ1) is 9.55. The lowest BCUT2D eigenvalue weighted by Gasteiger charge is -2.21. The number of carbonyl (C=O) groups is 1. The molecule has 0 saturated heterocycles. The SMILES string of the molecule is CCC(CC)Nc1cc2c(cc1[N+](=O)[O-])OCC(=O)N2. The van der Waals surface area contributed by atoms with Crippen LogP contribution in [0.15, 0.2) is 12.1 Å². The van der Waals surface area contributed by atoms with E-state index in [1.165, 1.54) is 6.07 Å². The van der Waals surface area contributed by atoms with E-state index in [-0.39, 0.29) is 24.2 Å². The van der Waals surface area contributed by atoms with Crippen LogP contribution in [0.5, 0.6) is 5.75 Å². The number of ether oxygens (including phenoxy) is 1. The Hall–Kier alpha value is -2.31. The van der Waals surface area contributed by atoms with Crippen LogP contribution in [0.25, 0.3) is 0 Å². The molecule has 0 radical (unpaired) electrons. The Morgan fingerprint density at radius 2 is 2.15 bits per heavy atom. The van der Waals surface area contributed by atoms with E-state index < -0.39 is 4.92 Å². The second-order valence-electron chi connectivity index (χ2n) is 4.62. The Kier molecular flexibility index (Phi) is 4.07. The lowest BCUT2D eigenvalue weighted by Crippen LogP contribution is -2.26.